The third-order valence-corrected chi connectivity index (χ3v) is 7.17. The number of hydrogen-bond acceptors (Lipinski definition) is 6. The Labute approximate surface area is 228 Å². The summed E-state index contributed by atoms with van der Waals surface area (Å²) in [5.74, 6) is 0.356. The first-order valence-corrected chi connectivity index (χ1v) is 13.1. The predicted octanol–water partition coefficient (Wildman–Crippen LogP) is 7.70. The molecule has 0 atom stereocenters. The molecule has 1 N–H and O–H groups in total. The van der Waals surface area contributed by atoms with Crippen molar-refractivity contribution in [3.63, 3.8) is 0 Å². The van der Waals surface area contributed by atoms with Crippen molar-refractivity contribution in [2.75, 3.05) is 11.9 Å². The molecule has 1 amide bonds. The molecular weight excluding hydrogens is 508 g/mol. The van der Waals surface area contributed by atoms with Crippen LogP contribution in [0, 0.1) is 0 Å². The molecule has 7 heteroatoms. The summed E-state index contributed by atoms with van der Waals surface area (Å²) in [6.45, 7) is -0.416. The van der Waals surface area contributed by atoms with Gasteiger partial charge in [-0.2, -0.15) is 0 Å². The molecule has 1 heterocycles. The molecule has 190 valence electrons. The van der Waals surface area contributed by atoms with E-state index in [-0.39, 0.29) is 0 Å². The Kier molecular flexibility index (Phi) is 6.72. The highest BCUT2D eigenvalue weighted by Gasteiger charge is 2.18. The fraction of sp³-hybridized carbons (Fsp3) is 0.0312. The van der Waals surface area contributed by atoms with Crippen molar-refractivity contribution in [1.82, 2.24) is 4.98 Å². The molecular formula is C32H22N2O4S. The van der Waals surface area contributed by atoms with Crippen LogP contribution in [0.1, 0.15) is 10.4 Å². The lowest BCUT2D eigenvalue weighted by molar-refractivity contribution is -0.119. The van der Waals surface area contributed by atoms with Crippen molar-refractivity contribution in [3.05, 3.63) is 121 Å². The number of anilines is 1. The Bertz CT molecular complexity index is 1760. The number of nitrogens with one attached hydrogen (secondary N) is 1. The maximum Gasteiger partial charge on any atom is 0.339 e. The summed E-state index contributed by atoms with van der Waals surface area (Å²) < 4.78 is 12.3. The fourth-order valence-electron chi connectivity index (χ4n) is 4.31. The lowest BCUT2D eigenvalue weighted by atomic mass is 9.99. The number of benzene rings is 5. The number of ether oxygens (including phenoxy) is 2. The van der Waals surface area contributed by atoms with Crippen LogP contribution < -0.4 is 10.1 Å². The Morgan fingerprint density at radius 3 is 2.26 bits per heavy atom. The van der Waals surface area contributed by atoms with Gasteiger partial charge in [0.05, 0.1) is 15.8 Å². The smallest absolute Gasteiger partial charge is 0.339 e. The second-order valence-electron chi connectivity index (χ2n) is 8.76. The maximum absolute atomic E-state index is 13.2. The van der Waals surface area contributed by atoms with Crippen molar-refractivity contribution in [3.8, 4) is 22.1 Å². The number of esters is 1. The Balaban J connectivity index is 1.16. The van der Waals surface area contributed by atoms with Gasteiger partial charge in [-0.25, -0.2) is 9.78 Å². The molecule has 0 unspecified atom stereocenters. The minimum Gasteiger partial charge on any atom is -0.457 e. The van der Waals surface area contributed by atoms with Crippen LogP contribution in [0.4, 0.5) is 5.69 Å². The third kappa shape index (κ3) is 5.35. The van der Waals surface area contributed by atoms with Gasteiger partial charge in [-0.1, -0.05) is 60.7 Å². The second-order valence-corrected chi connectivity index (χ2v) is 9.79. The third-order valence-electron chi connectivity index (χ3n) is 6.10. The van der Waals surface area contributed by atoms with Gasteiger partial charge in [-0.15, -0.1) is 11.3 Å². The number of fused-ring (bicyclic) bond motifs is 2. The number of para-hydroxylation sites is 2. The molecule has 0 bridgehead atoms. The number of rotatable bonds is 7. The van der Waals surface area contributed by atoms with E-state index in [0.717, 1.165) is 37.3 Å². The summed E-state index contributed by atoms with van der Waals surface area (Å²) >= 11 is 1.57. The number of carbonyl (C=O) groups excluding carboxylic acids is 2. The van der Waals surface area contributed by atoms with Gasteiger partial charge in [0.2, 0.25) is 0 Å². The number of nitrogens with zero attached hydrogens (tertiary/aromatic N) is 1. The molecule has 39 heavy (non-hydrogen) atoms. The van der Waals surface area contributed by atoms with Crippen molar-refractivity contribution >= 4 is 49.9 Å². The summed E-state index contributed by atoms with van der Waals surface area (Å²) in [6, 6.07) is 35.6. The van der Waals surface area contributed by atoms with Crippen LogP contribution in [0.2, 0.25) is 0 Å². The van der Waals surface area contributed by atoms with E-state index >= 15 is 0 Å². The molecule has 0 aliphatic heterocycles. The zero-order chi connectivity index (χ0) is 26.6. The van der Waals surface area contributed by atoms with Gasteiger partial charge in [0.15, 0.2) is 6.61 Å². The summed E-state index contributed by atoms with van der Waals surface area (Å²) in [5, 5.41) is 5.21. The minimum atomic E-state index is -0.573. The van der Waals surface area contributed by atoms with E-state index in [0.29, 0.717) is 17.0 Å². The topological polar surface area (TPSA) is 77.5 Å². The molecule has 0 saturated carbocycles. The Morgan fingerprint density at radius 1 is 0.744 bits per heavy atom. The largest absolute Gasteiger partial charge is 0.457 e. The van der Waals surface area contributed by atoms with Crippen LogP contribution in [0.3, 0.4) is 0 Å². The maximum atomic E-state index is 13.2. The molecule has 1 aromatic heterocycles. The van der Waals surface area contributed by atoms with Gasteiger partial charge in [-0.05, 0) is 60.0 Å². The highest BCUT2D eigenvalue weighted by atomic mass is 32.1. The lowest BCUT2D eigenvalue weighted by Crippen LogP contribution is -2.21. The molecule has 0 radical (unpaired) electrons. The standard InChI is InChI=1S/C32H22N2O4S/c35-29(33-22-16-18-24(19-17-22)38-23-10-2-1-3-11-23)20-37-32(36)26-13-7-9-21-8-6-12-25(30(21)26)31-34-27-14-4-5-15-28(27)39-31/h1-19H,20H2,(H,33,35). The van der Waals surface area contributed by atoms with Crippen molar-refractivity contribution < 1.29 is 19.1 Å². The SMILES string of the molecule is O=C(COC(=O)c1cccc2cccc(-c3nc4ccccc4s3)c12)Nc1ccc(Oc2ccccc2)cc1. The summed E-state index contributed by atoms with van der Waals surface area (Å²) in [6.07, 6.45) is 0. The zero-order valence-electron chi connectivity index (χ0n) is 20.7. The number of amides is 1. The molecule has 5 aromatic carbocycles. The molecule has 6 nitrogen and oxygen atoms in total. The first kappa shape index (κ1) is 24.3. The van der Waals surface area contributed by atoms with E-state index in [9.17, 15) is 9.59 Å². The van der Waals surface area contributed by atoms with Crippen LogP contribution >= 0.6 is 11.3 Å². The fourth-order valence-corrected chi connectivity index (χ4v) is 5.31. The average molecular weight is 531 g/mol. The normalized spacial score (nSPS) is 10.9. The number of carbonyl (C=O) groups is 2. The van der Waals surface area contributed by atoms with Gasteiger partial charge in [0, 0.05) is 16.6 Å². The molecule has 6 rings (SSSR count). The van der Waals surface area contributed by atoms with Crippen LogP contribution in [0.25, 0.3) is 31.6 Å². The van der Waals surface area contributed by atoms with E-state index in [1.165, 1.54) is 0 Å². The summed E-state index contributed by atoms with van der Waals surface area (Å²) in [4.78, 5) is 30.5. The van der Waals surface area contributed by atoms with Gasteiger partial charge in [0.1, 0.15) is 16.5 Å². The van der Waals surface area contributed by atoms with Crippen LogP contribution in [-0.2, 0) is 9.53 Å². The minimum absolute atomic E-state index is 0.387. The lowest BCUT2D eigenvalue weighted by Gasteiger charge is -2.11. The molecule has 6 aromatic rings. The van der Waals surface area contributed by atoms with E-state index in [1.54, 1.807) is 47.7 Å². The van der Waals surface area contributed by atoms with E-state index in [4.69, 9.17) is 14.5 Å². The quantitative estimate of drug-likeness (QED) is 0.214. The van der Waals surface area contributed by atoms with Crippen molar-refractivity contribution in [2.45, 2.75) is 0 Å². The number of thiazole rings is 1. The molecule has 0 spiro atoms. The molecule has 0 saturated heterocycles. The molecule has 0 aliphatic rings. The Hall–Kier alpha value is -5.01. The molecule has 0 fully saturated rings. The summed E-state index contributed by atoms with van der Waals surface area (Å²) in [5.41, 5.74) is 2.71. The van der Waals surface area contributed by atoms with Gasteiger partial charge >= 0.3 is 5.97 Å². The Morgan fingerprint density at radius 2 is 1.46 bits per heavy atom. The monoisotopic (exact) mass is 530 g/mol. The molecule has 0 aliphatic carbocycles. The van der Waals surface area contributed by atoms with Crippen molar-refractivity contribution in [2.24, 2.45) is 0 Å². The number of aromatic nitrogens is 1. The highest BCUT2D eigenvalue weighted by Crippen LogP contribution is 2.36. The van der Waals surface area contributed by atoms with Gasteiger partial charge in [-0.3, -0.25) is 4.79 Å². The van der Waals surface area contributed by atoms with E-state index < -0.39 is 18.5 Å². The van der Waals surface area contributed by atoms with Gasteiger partial charge in [0.25, 0.3) is 5.91 Å². The average Bonchev–Trinajstić information content (AvgIpc) is 3.41. The van der Waals surface area contributed by atoms with E-state index in [1.807, 2.05) is 78.9 Å². The highest BCUT2D eigenvalue weighted by molar-refractivity contribution is 7.21. The van der Waals surface area contributed by atoms with Crippen LogP contribution in [-0.4, -0.2) is 23.5 Å². The van der Waals surface area contributed by atoms with Crippen LogP contribution in [0.5, 0.6) is 11.5 Å². The second kappa shape index (κ2) is 10.8. The van der Waals surface area contributed by atoms with Crippen LogP contribution in [0.15, 0.2) is 115 Å². The summed E-state index contributed by atoms with van der Waals surface area (Å²) in [7, 11) is 0. The number of hydrogen-bond donors (Lipinski definition) is 1. The van der Waals surface area contributed by atoms with E-state index in [2.05, 4.69) is 5.32 Å². The predicted molar refractivity (Wildman–Crippen MR) is 154 cm³/mol. The zero-order valence-corrected chi connectivity index (χ0v) is 21.5. The van der Waals surface area contributed by atoms with Crippen molar-refractivity contribution in [1.29, 1.82) is 0 Å². The van der Waals surface area contributed by atoms with Gasteiger partial charge < -0.3 is 14.8 Å². The first-order valence-electron chi connectivity index (χ1n) is 12.3. The first-order chi connectivity index (χ1) is 19.1.